The van der Waals surface area contributed by atoms with Gasteiger partial charge in [-0.3, -0.25) is 9.36 Å². The van der Waals surface area contributed by atoms with E-state index in [0.29, 0.717) is 22.4 Å². The molecular weight excluding hydrogens is 498 g/mol. The number of hydrogen-bond donors (Lipinski definition) is 2. The molecule has 0 radical (unpaired) electrons. The number of phenolic OH excluding ortho intramolecular Hbond substituents is 1. The summed E-state index contributed by atoms with van der Waals surface area (Å²) in [5.41, 5.74) is 7.02. The van der Waals surface area contributed by atoms with E-state index >= 15 is 0 Å². The van der Waals surface area contributed by atoms with Gasteiger partial charge in [0.1, 0.15) is 0 Å². The van der Waals surface area contributed by atoms with Crippen molar-refractivity contribution in [3.05, 3.63) is 83.9 Å². The van der Waals surface area contributed by atoms with Crippen molar-refractivity contribution in [1.29, 1.82) is 0 Å². The zero-order chi connectivity index (χ0) is 27.3. The van der Waals surface area contributed by atoms with Crippen LogP contribution in [0, 0.1) is 0 Å². The van der Waals surface area contributed by atoms with Gasteiger partial charge in [0.15, 0.2) is 22.5 Å². The summed E-state index contributed by atoms with van der Waals surface area (Å²) < 4.78 is 7.10. The number of benzene rings is 3. The van der Waals surface area contributed by atoms with Crippen molar-refractivity contribution in [2.75, 3.05) is 12.9 Å². The summed E-state index contributed by atoms with van der Waals surface area (Å²) in [7, 11) is 1.48. The predicted octanol–water partition coefficient (Wildman–Crippen LogP) is 5.58. The van der Waals surface area contributed by atoms with Crippen molar-refractivity contribution in [2.24, 2.45) is 5.10 Å². The number of amides is 1. The molecule has 8 nitrogen and oxygen atoms in total. The van der Waals surface area contributed by atoms with E-state index in [4.69, 9.17) is 4.74 Å². The number of phenols is 1. The Hall–Kier alpha value is -4.11. The molecule has 0 saturated carbocycles. The summed E-state index contributed by atoms with van der Waals surface area (Å²) >= 11 is 1.28. The molecule has 9 heteroatoms. The van der Waals surface area contributed by atoms with Crippen LogP contribution in [0.25, 0.3) is 17.1 Å². The maximum atomic E-state index is 12.6. The number of aromatic hydroxyl groups is 1. The maximum Gasteiger partial charge on any atom is 0.250 e. The van der Waals surface area contributed by atoms with Crippen molar-refractivity contribution in [2.45, 2.75) is 38.3 Å². The molecule has 0 bridgehead atoms. The first-order valence-electron chi connectivity index (χ1n) is 12.1. The average molecular weight is 530 g/mol. The van der Waals surface area contributed by atoms with Crippen molar-refractivity contribution >= 4 is 23.4 Å². The number of nitrogens with zero attached hydrogens (tertiary/aromatic N) is 4. The highest BCUT2D eigenvalue weighted by Gasteiger charge is 2.19. The predicted molar refractivity (Wildman–Crippen MR) is 151 cm³/mol. The monoisotopic (exact) mass is 529 g/mol. The van der Waals surface area contributed by atoms with Crippen LogP contribution in [0.2, 0.25) is 0 Å². The number of rotatable bonds is 8. The smallest absolute Gasteiger partial charge is 0.250 e. The van der Waals surface area contributed by atoms with E-state index < -0.39 is 0 Å². The first kappa shape index (κ1) is 26.9. The van der Waals surface area contributed by atoms with Crippen molar-refractivity contribution < 1.29 is 14.6 Å². The van der Waals surface area contributed by atoms with E-state index in [1.54, 1.807) is 19.1 Å². The molecule has 1 amide bonds. The van der Waals surface area contributed by atoms with Gasteiger partial charge in [-0.1, -0.05) is 75.0 Å². The molecule has 38 heavy (non-hydrogen) atoms. The zero-order valence-electron chi connectivity index (χ0n) is 22.1. The molecule has 1 heterocycles. The maximum absolute atomic E-state index is 12.6. The Morgan fingerprint density at radius 3 is 2.42 bits per heavy atom. The number of methoxy groups -OCH3 is 1. The highest BCUT2D eigenvalue weighted by molar-refractivity contribution is 7.99. The second kappa shape index (κ2) is 11.5. The van der Waals surface area contributed by atoms with Gasteiger partial charge in [0.2, 0.25) is 0 Å². The summed E-state index contributed by atoms with van der Waals surface area (Å²) in [6.07, 6.45) is 0. The number of hydrazone groups is 1. The Balaban J connectivity index is 1.52. The molecule has 0 spiro atoms. The molecule has 0 aliphatic heterocycles. The van der Waals surface area contributed by atoms with Crippen LogP contribution in [0.15, 0.2) is 83.1 Å². The Bertz CT molecular complexity index is 1440. The highest BCUT2D eigenvalue weighted by Crippen LogP contribution is 2.30. The molecule has 0 aliphatic rings. The first-order valence-corrected chi connectivity index (χ1v) is 13.1. The number of thioether (sulfide) groups is 1. The molecule has 4 rings (SSSR count). The number of carbonyl (C=O) groups is 1. The highest BCUT2D eigenvalue weighted by atomic mass is 32.2. The van der Waals surface area contributed by atoms with Gasteiger partial charge in [0, 0.05) is 16.8 Å². The minimum Gasteiger partial charge on any atom is -0.504 e. The Labute approximate surface area is 226 Å². The third-order valence-corrected chi connectivity index (χ3v) is 6.86. The van der Waals surface area contributed by atoms with Crippen molar-refractivity contribution in [3.8, 4) is 28.6 Å². The number of aromatic nitrogens is 3. The van der Waals surface area contributed by atoms with Crippen LogP contribution >= 0.6 is 11.8 Å². The van der Waals surface area contributed by atoms with Crippen LogP contribution in [-0.4, -0.2) is 44.4 Å². The van der Waals surface area contributed by atoms with Gasteiger partial charge in [-0.15, -0.1) is 10.2 Å². The third kappa shape index (κ3) is 6.23. The van der Waals surface area contributed by atoms with Gasteiger partial charge in [0.05, 0.1) is 18.6 Å². The van der Waals surface area contributed by atoms with Crippen LogP contribution < -0.4 is 10.2 Å². The van der Waals surface area contributed by atoms with Crippen molar-refractivity contribution in [3.63, 3.8) is 0 Å². The molecule has 0 atom stereocenters. The van der Waals surface area contributed by atoms with Crippen LogP contribution in [-0.2, 0) is 10.2 Å². The average Bonchev–Trinajstić information content (AvgIpc) is 3.35. The van der Waals surface area contributed by atoms with Crippen LogP contribution in [0.1, 0.15) is 38.8 Å². The number of carbonyl (C=O) groups excluding carboxylic acids is 1. The molecular formula is C29H31N5O3S. The SMILES string of the molecule is COc1cc(/C(C)=N\NC(=O)CSc2nnc(-c3ccc(C(C)(C)C)cc3)n2-c2ccccc2)ccc1O. The van der Waals surface area contributed by atoms with E-state index in [1.165, 1.54) is 30.5 Å². The lowest BCUT2D eigenvalue weighted by molar-refractivity contribution is -0.118. The summed E-state index contributed by atoms with van der Waals surface area (Å²) in [5.74, 6) is 0.900. The zero-order valence-corrected chi connectivity index (χ0v) is 22.9. The molecule has 0 fully saturated rings. The van der Waals surface area contributed by atoms with Crippen molar-refractivity contribution in [1.82, 2.24) is 20.2 Å². The fraction of sp³-hybridized carbons (Fsp3) is 0.241. The second-order valence-corrected chi connectivity index (χ2v) is 10.7. The van der Waals surface area contributed by atoms with Gasteiger partial charge < -0.3 is 9.84 Å². The van der Waals surface area contributed by atoms with Gasteiger partial charge in [-0.05, 0) is 48.2 Å². The van der Waals surface area contributed by atoms with E-state index in [2.05, 4.69) is 65.8 Å². The van der Waals surface area contributed by atoms with Crippen LogP contribution in [0.4, 0.5) is 0 Å². The molecule has 0 unspecified atom stereocenters. The first-order chi connectivity index (χ1) is 18.2. The van der Waals surface area contributed by atoms with Gasteiger partial charge in [-0.2, -0.15) is 5.10 Å². The lowest BCUT2D eigenvalue weighted by Crippen LogP contribution is -2.21. The topological polar surface area (TPSA) is 102 Å². The van der Waals surface area contributed by atoms with E-state index in [1.807, 2.05) is 34.9 Å². The number of nitrogens with one attached hydrogen (secondary N) is 1. The van der Waals surface area contributed by atoms with Gasteiger partial charge in [0.25, 0.3) is 5.91 Å². The van der Waals surface area contributed by atoms with E-state index in [9.17, 15) is 9.90 Å². The van der Waals surface area contributed by atoms with E-state index in [-0.39, 0.29) is 22.8 Å². The fourth-order valence-electron chi connectivity index (χ4n) is 3.76. The van der Waals surface area contributed by atoms with E-state index in [0.717, 1.165) is 16.8 Å². The summed E-state index contributed by atoms with van der Waals surface area (Å²) in [5, 5.41) is 23.5. The Morgan fingerprint density at radius 2 is 1.76 bits per heavy atom. The molecule has 3 aromatic carbocycles. The fourth-order valence-corrected chi connectivity index (χ4v) is 4.50. The van der Waals surface area contributed by atoms with Crippen LogP contribution in [0.5, 0.6) is 11.5 Å². The molecule has 0 saturated heterocycles. The number of para-hydroxylation sites is 1. The Kier molecular flexibility index (Phi) is 8.16. The summed E-state index contributed by atoms with van der Waals surface area (Å²) in [6.45, 7) is 8.31. The largest absolute Gasteiger partial charge is 0.504 e. The summed E-state index contributed by atoms with van der Waals surface area (Å²) in [6, 6.07) is 23.1. The van der Waals surface area contributed by atoms with Gasteiger partial charge >= 0.3 is 0 Å². The molecule has 4 aromatic rings. The molecule has 196 valence electrons. The normalized spacial score (nSPS) is 11.9. The third-order valence-electron chi connectivity index (χ3n) is 5.94. The standard InChI is InChI=1S/C29H31N5O3S/c1-19(21-13-16-24(35)25(17-21)37-5)30-31-26(36)18-38-28-33-32-27(34(28)23-9-7-6-8-10-23)20-11-14-22(15-12-20)29(2,3)4/h6-17,35H,18H2,1-5H3,(H,31,36)/b30-19-. The number of ether oxygens (including phenoxy) is 1. The minimum absolute atomic E-state index is 0.0385. The minimum atomic E-state index is -0.279. The van der Waals surface area contributed by atoms with Crippen LogP contribution in [0.3, 0.4) is 0 Å². The molecule has 0 aliphatic carbocycles. The molecule has 1 aromatic heterocycles. The quantitative estimate of drug-likeness (QED) is 0.176. The Morgan fingerprint density at radius 1 is 1.05 bits per heavy atom. The lowest BCUT2D eigenvalue weighted by atomic mass is 9.87. The molecule has 2 N–H and O–H groups in total. The van der Waals surface area contributed by atoms with Gasteiger partial charge in [-0.25, -0.2) is 5.43 Å². The number of hydrogen-bond acceptors (Lipinski definition) is 7. The lowest BCUT2D eigenvalue weighted by Gasteiger charge is -2.19. The summed E-state index contributed by atoms with van der Waals surface area (Å²) in [4.78, 5) is 12.6. The second-order valence-electron chi connectivity index (χ2n) is 9.71.